The Balaban J connectivity index is 1.04. The van der Waals surface area contributed by atoms with E-state index in [0.717, 1.165) is 73.2 Å². The van der Waals surface area contributed by atoms with Crippen LogP contribution in [-0.4, -0.2) is 42.6 Å². The fourth-order valence-corrected chi connectivity index (χ4v) is 10.5. The van der Waals surface area contributed by atoms with Gasteiger partial charge in [0.2, 0.25) is 0 Å². The van der Waals surface area contributed by atoms with E-state index in [-0.39, 0.29) is 23.5 Å². The number of carbonyl (C=O) groups is 2. The van der Waals surface area contributed by atoms with Gasteiger partial charge in [-0.2, -0.15) is 0 Å². The van der Waals surface area contributed by atoms with Gasteiger partial charge >= 0.3 is 6.09 Å². The van der Waals surface area contributed by atoms with Crippen LogP contribution in [0.15, 0.2) is 41.1 Å². The lowest BCUT2D eigenvalue weighted by molar-refractivity contribution is -0.0581. The van der Waals surface area contributed by atoms with Crippen LogP contribution in [0, 0.1) is 46.3 Å². The van der Waals surface area contributed by atoms with Crippen molar-refractivity contribution in [1.29, 1.82) is 0 Å². The zero-order chi connectivity index (χ0) is 33.6. The van der Waals surface area contributed by atoms with Gasteiger partial charge in [-0.25, -0.2) is 4.79 Å². The highest BCUT2D eigenvalue weighted by atomic mass is 16.6. The molecule has 0 spiro atoms. The molecule has 3 saturated carbocycles. The summed E-state index contributed by atoms with van der Waals surface area (Å²) in [4.78, 5) is 25.0. The van der Waals surface area contributed by atoms with Gasteiger partial charge in [0.1, 0.15) is 6.10 Å². The topological polar surface area (TPSA) is 100 Å². The second-order valence-electron chi connectivity index (χ2n) is 16.3. The van der Waals surface area contributed by atoms with Crippen molar-refractivity contribution in [3.63, 3.8) is 0 Å². The molecular formula is C40H61N3O4. The van der Waals surface area contributed by atoms with Crippen molar-refractivity contribution < 1.29 is 19.5 Å². The third-order valence-electron chi connectivity index (χ3n) is 13.1. The molecule has 4 aliphatic rings. The summed E-state index contributed by atoms with van der Waals surface area (Å²) < 4.78 is 5.94. The first kappa shape index (κ1) is 35.5. The molecule has 7 heteroatoms. The average Bonchev–Trinajstić information content (AvgIpc) is 3.40. The number of rotatable bonds is 13. The van der Waals surface area contributed by atoms with Crippen LogP contribution in [0.25, 0.3) is 0 Å². The maximum Gasteiger partial charge on any atom is 0.407 e. The van der Waals surface area contributed by atoms with Gasteiger partial charge in [0.25, 0.3) is 5.91 Å². The molecule has 3 N–H and O–H groups in total. The number of nitrogens with one attached hydrogen (secondary N) is 2. The Morgan fingerprint density at radius 3 is 2.43 bits per heavy atom. The number of nitrogens with zero attached hydrogens (tertiary/aromatic N) is 1. The molecular weight excluding hydrogens is 586 g/mol. The first-order valence-electron chi connectivity index (χ1n) is 18.7. The molecule has 0 aromatic heterocycles. The van der Waals surface area contributed by atoms with Crippen LogP contribution >= 0.6 is 0 Å². The number of ether oxygens (including phenoxy) is 1. The minimum Gasteiger partial charge on any atom is -0.446 e. The molecule has 3 fully saturated rings. The number of unbranched alkanes of at least 4 members (excludes halogenated alkanes) is 1. The first-order chi connectivity index (χ1) is 22.5. The van der Waals surface area contributed by atoms with Crippen molar-refractivity contribution in [1.82, 2.24) is 10.6 Å². The average molecular weight is 648 g/mol. The molecule has 0 bridgehead atoms. The van der Waals surface area contributed by atoms with E-state index in [1.807, 2.05) is 0 Å². The summed E-state index contributed by atoms with van der Waals surface area (Å²) in [6.45, 7) is 13.5. The number of hydrogen-bond donors (Lipinski definition) is 3. The number of allylic oxidation sites excluding steroid dienone is 1. The minimum atomic E-state index is -0.323. The normalized spacial score (nSPS) is 32.2. The van der Waals surface area contributed by atoms with Crippen LogP contribution in [-0.2, 0) is 4.74 Å². The molecule has 0 radical (unpaired) electrons. The van der Waals surface area contributed by atoms with Crippen molar-refractivity contribution in [3.8, 4) is 0 Å². The summed E-state index contributed by atoms with van der Waals surface area (Å²) in [7, 11) is 0. The van der Waals surface area contributed by atoms with Crippen LogP contribution in [0.1, 0.15) is 134 Å². The van der Waals surface area contributed by atoms with E-state index in [9.17, 15) is 9.59 Å². The zero-order valence-electron chi connectivity index (χ0n) is 29.7. The maximum absolute atomic E-state index is 12.7. The molecule has 4 aliphatic carbocycles. The lowest BCUT2D eigenvalue weighted by Gasteiger charge is -2.58. The number of benzene rings is 1. The van der Waals surface area contributed by atoms with Gasteiger partial charge < -0.3 is 20.6 Å². The molecule has 0 saturated heterocycles. The predicted molar refractivity (Wildman–Crippen MR) is 189 cm³/mol. The van der Waals surface area contributed by atoms with Crippen LogP contribution < -0.4 is 10.6 Å². The van der Waals surface area contributed by atoms with E-state index in [1.54, 1.807) is 29.8 Å². The Bertz CT molecular complexity index is 1270. The Labute approximate surface area is 283 Å². The number of oxime groups is 1. The molecule has 8 atom stereocenters. The van der Waals surface area contributed by atoms with Crippen molar-refractivity contribution in [3.05, 3.63) is 47.0 Å². The van der Waals surface area contributed by atoms with Crippen molar-refractivity contribution in [2.24, 2.45) is 51.5 Å². The molecule has 5 rings (SSSR count). The van der Waals surface area contributed by atoms with Gasteiger partial charge in [0.05, 0.1) is 6.21 Å². The van der Waals surface area contributed by atoms with Crippen molar-refractivity contribution >= 4 is 18.2 Å². The number of alkyl carbamates (subject to hydrolysis) is 1. The van der Waals surface area contributed by atoms with Gasteiger partial charge in [0.15, 0.2) is 0 Å². The molecule has 0 heterocycles. The van der Waals surface area contributed by atoms with Crippen LogP contribution in [0.5, 0.6) is 0 Å². The van der Waals surface area contributed by atoms with E-state index in [2.05, 4.69) is 56.5 Å². The van der Waals surface area contributed by atoms with Crippen molar-refractivity contribution in [2.45, 2.75) is 124 Å². The molecule has 0 aliphatic heterocycles. The van der Waals surface area contributed by atoms with E-state index in [0.29, 0.717) is 24.1 Å². The molecule has 2 amide bonds. The molecule has 1 aromatic carbocycles. The van der Waals surface area contributed by atoms with Gasteiger partial charge in [-0.15, -0.1) is 0 Å². The molecule has 0 unspecified atom stereocenters. The monoisotopic (exact) mass is 647 g/mol. The first-order valence-corrected chi connectivity index (χ1v) is 18.7. The lowest BCUT2D eigenvalue weighted by atomic mass is 9.47. The molecule has 47 heavy (non-hydrogen) atoms. The minimum absolute atomic E-state index is 0.0448. The number of carbonyl (C=O) groups excluding carboxylic acids is 2. The summed E-state index contributed by atoms with van der Waals surface area (Å²) in [6.07, 6.45) is 18.9. The summed E-state index contributed by atoms with van der Waals surface area (Å²) in [5.74, 6) is 4.84. The Morgan fingerprint density at radius 2 is 1.70 bits per heavy atom. The Hall–Kier alpha value is -2.83. The lowest BCUT2D eigenvalue weighted by Crippen LogP contribution is -2.51. The van der Waals surface area contributed by atoms with Gasteiger partial charge in [0, 0.05) is 25.1 Å². The summed E-state index contributed by atoms with van der Waals surface area (Å²) in [5, 5.41) is 17.5. The Morgan fingerprint density at radius 1 is 0.957 bits per heavy atom. The van der Waals surface area contributed by atoms with E-state index in [1.165, 1.54) is 57.6 Å². The summed E-state index contributed by atoms with van der Waals surface area (Å²) in [5.41, 5.74) is 3.59. The highest BCUT2D eigenvalue weighted by molar-refractivity contribution is 5.95. The van der Waals surface area contributed by atoms with E-state index < -0.39 is 0 Å². The standard InChI is InChI=1S/C40H61N3O4/c1-27(2)9-8-10-28(3)34-17-18-35-33-16-15-31-25-32(19-21-39(31,4)36(33)20-22-40(34,35)5)47-38(45)42-24-7-6-23-41-37(44)30-13-11-29(12-14-30)26-43-46/h11-15,26-28,32-36,46H,6-10,16-25H2,1-5H3,(H,41,44)(H,42,45)/b43-26+/t28-,32+,33+,34-,35+,36+,39+,40-/m1/s1. The van der Waals surface area contributed by atoms with Gasteiger partial charge in [-0.3, -0.25) is 4.79 Å². The van der Waals surface area contributed by atoms with Crippen LogP contribution in [0.4, 0.5) is 4.79 Å². The number of hydrogen-bond acceptors (Lipinski definition) is 5. The quantitative estimate of drug-likeness (QED) is 0.0654. The second-order valence-corrected chi connectivity index (χ2v) is 16.3. The predicted octanol–water partition coefficient (Wildman–Crippen LogP) is 9.14. The maximum atomic E-state index is 12.7. The third kappa shape index (κ3) is 8.08. The molecule has 7 nitrogen and oxygen atoms in total. The second kappa shape index (κ2) is 15.6. The number of amides is 2. The van der Waals surface area contributed by atoms with Crippen molar-refractivity contribution in [2.75, 3.05) is 13.1 Å². The van der Waals surface area contributed by atoms with Crippen LogP contribution in [0.2, 0.25) is 0 Å². The Kier molecular flexibility index (Phi) is 11.8. The van der Waals surface area contributed by atoms with Crippen LogP contribution in [0.3, 0.4) is 0 Å². The fourth-order valence-electron chi connectivity index (χ4n) is 10.5. The van der Waals surface area contributed by atoms with Gasteiger partial charge in [-0.1, -0.05) is 82.8 Å². The third-order valence-corrected chi connectivity index (χ3v) is 13.1. The van der Waals surface area contributed by atoms with E-state index in [4.69, 9.17) is 9.94 Å². The molecule has 260 valence electrons. The van der Waals surface area contributed by atoms with E-state index >= 15 is 0 Å². The van der Waals surface area contributed by atoms with Gasteiger partial charge in [-0.05, 0) is 122 Å². The molecule has 1 aromatic rings. The smallest absolute Gasteiger partial charge is 0.407 e. The number of fused-ring (bicyclic) bond motifs is 5. The SMILES string of the molecule is CC(C)CCC[C@@H](C)[C@H]1CC[C@H]2[C@@H]3CC=C4C[C@@H](OC(=O)NCCCCNC(=O)c5ccc(/C=N/O)cc5)CC[C@]4(C)[C@H]3CC[C@]12C. The zero-order valence-corrected chi connectivity index (χ0v) is 29.7. The summed E-state index contributed by atoms with van der Waals surface area (Å²) in [6, 6.07) is 6.85. The fraction of sp³-hybridized carbons (Fsp3) is 0.725. The largest absolute Gasteiger partial charge is 0.446 e. The summed E-state index contributed by atoms with van der Waals surface area (Å²) >= 11 is 0. The highest BCUT2D eigenvalue weighted by Gasteiger charge is 2.59. The highest BCUT2D eigenvalue weighted by Crippen LogP contribution is 2.67.